The highest BCUT2D eigenvalue weighted by Crippen LogP contribution is 2.06. The molecule has 1 aromatic heterocycles. The minimum atomic E-state index is -0.520. The van der Waals surface area contributed by atoms with Crippen molar-refractivity contribution in [2.45, 2.75) is 0 Å². The summed E-state index contributed by atoms with van der Waals surface area (Å²) in [7, 11) is 1.59. The van der Waals surface area contributed by atoms with Gasteiger partial charge in [0, 0.05) is 12.7 Å². The molecule has 1 heterocycles. The van der Waals surface area contributed by atoms with Gasteiger partial charge in [0.1, 0.15) is 0 Å². The van der Waals surface area contributed by atoms with Gasteiger partial charge in [0.15, 0.2) is 0 Å². The van der Waals surface area contributed by atoms with E-state index in [2.05, 4.69) is 10.3 Å². The highest BCUT2D eigenvalue weighted by molar-refractivity contribution is 7.03. The highest BCUT2D eigenvalue weighted by atomic mass is 32.1. The Morgan fingerprint density at radius 2 is 1.65 bits per heavy atom. The van der Waals surface area contributed by atoms with Gasteiger partial charge in [-0.2, -0.15) is 4.99 Å². The predicted octanol–water partition coefficient (Wildman–Crippen LogP) is 2.37. The van der Waals surface area contributed by atoms with E-state index in [9.17, 15) is 9.59 Å². The van der Waals surface area contributed by atoms with Crippen LogP contribution in [0, 0.1) is 0 Å². The Bertz CT molecular complexity index is 939. The molecule has 0 aliphatic heterocycles. The molecule has 6 nitrogen and oxygen atoms in total. The Morgan fingerprint density at radius 3 is 2.30 bits per heavy atom. The largest absolute Gasteiger partial charge is 0.348 e. The molecule has 3 rings (SSSR count). The maximum atomic E-state index is 12.3. The fraction of sp³-hybridized carbons (Fsp3) is 0.0625. The summed E-state index contributed by atoms with van der Waals surface area (Å²) in [4.78, 5) is 28.6. The van der Waals surface area contributed by atoms with Crippen LogP contribution in [0.2, 0.25) is 0 Å². The molecule has 0 atom stereocenters. The van der Waals surface area contributed by atoms with Gasteiger partial charge in [-0.05, 0) is 35.8 Å². The van der Waals surface area contributed by atoms with E-state index in [0.717, 1.165) is 17.2 Å². The van der Waals surface area contributed by atoms with Crippen LogP contribution < -0.4 is 15.8 Å². The summed E-state index contributed by atoms with van der Waals surface area (Å²) in [5.41, 5.74) is 1.15. The van der Waals surface area contributed by atoms with Crippen LogP contribution in [-0.2, 0) is 7.05 Å². The van der Waals surface area contributed by atoms with Crippen LogP contribution in [0.15, 0.2) is 70.5 Å². The average Bonchev–Trinajstić information content (AvgIpc) is 2.85. The van der Waals surface area contributed by atoms with Crippen LogP contribution in [0.1, 0.15) is 0 Å². The van der Waals surface area contributed by atoms with Crippen molar-refractivity contribution in [3.63, 3.8) is 0 Å². The topological polar surface area (TPSA) is 68.4 Å². The van der Waals surface area contributed by atoms with Crippen LogP contribution >= 0.6 is 11.5 Å². The van der Waals surface area contributed by atoms with Gasteiger partial charge in [-0.15, -0.1) is 0 Å². The van der Waals surface area contributed by atoms with Crippen molar-refractivity contribution >= 4 is 23.3 Å². The number of nitrogens with zero attached hydrogens (tertiary/aromatic N) is 3. The van der Waals surface area contributed by atoms with E-state index in [4.69, 9.17) is 0 Å². The molecule has 0 saturated heterocycles. The number of benzene rings is 2. The normalized spacial score (nSPS) is 11.4. The number of hydrogen-bond acceptors (Lipinski definition) is 3. The minimum Gasteiger partial charge on any atom is -0.306 e. The van der Waals surface area contributed by atoms with Crippen LogP contribution in [0.4, 0.5) is 10.5 Å². The third-order valence-electron chi connectivity index (χ3n) is 3.13. The summed E-state index contributed by atoms with van der Waals surface area (Å²) in [6.45, 7) is 0. The summed E-state index contributed by atoms with van der Waals surface area (Å²) in [6.07, 6.45) is 0. The maximum Gasteiger partial charge on any atom is 0.348 e. The lowest BCUT2D eigenvalue weighted by atomic mass is 10.3. The van der Waals surface area contributed by atoms with Crippen molar-refractivity contribution < 1.29 is 4.79 Å². The predicted molar refractivity (Wildman–Crippen MR) is 89.9 cm³/mol. The number of aromatic nitrogens is 2. The van der Waals surface area contributed by atoms with Crippen molar-refractivity contribution in [1.29, 1.82) is 0 Å². The molecule has 0 aliphatic rings. The molecular weight excluding hydrogens is 312 g/mol. The van der Waals surface area contributed by atoms with Gasteiger partial charge in [0.25, 0.3) is 0 Å². The first kappa shape index (κ1) is 15.0. The summed E-state index contributed by atoms with van der Waals surface area (Å²) < 4.78 is 2.84. The van der Waals surface area contributed by atoms with Crippen LogP contribution in [0.5, 0.6) is 0 Å². The number of carbonyl (C=O) groups excluding carboxylic acids is 1. The molecule has 3 aromatic rings. The van der Waals surface area contributed by atoms with Gasteiger partial charge < -0.3 is 5.32 Å². The monoisotopic (exact) mass is 326 g/mol. The number of para-hydroxylation sites is 2. The van der Waals surface area contributed by atoms with Gasteiger partial charge in [0.2, 0.25) is 4.80 Å². The molecule has 23 heavy (non-hydrogen) atoms. The van der Waals surface area contributed by atoms with Crippen molar-refractivity contribution in [3.05, 3.63) is 75.9 Å². The molecule has 7 heteroatoms. The van der Waals surface area contributed by atoms with Crippen LogP contribution in [-0.4, -0.2) is 14.6 Å². The molecule has 0 spiro atoms. The fourth-order valence-electron chi connectivity index (χ4n) is 1.98. The Hall–Kier alpha value is -2.93. The van der Waals surface area contributed by atoms with E-state index < -0.39 is 6.03 Å². The first-order chi connectivity index (χ1) is 11.1. The van der Waals surface area contributed by atoms with E-state index in [-0.39, 0.29) is 5.69 Å². The van der Waals surface area contributed by atoms with E-state index in [1.54, 1.807) is 19.2 Å². The maximum absolute atomic E-state index is 12.3. The summed E-state index contributed by atoms with van der Waals surface area (Å²) in [5.74, 6) is 0. The van der Waals surface area contributed by atoms with Crippen molar-refractivity contribution in [2.75, 3.05) is 5.32 Å². The minimum absolute atomic E-state index is 0.243. The number of nitrogens with one attached hydrogen (secondary N) is 1. The molecule has 1 N–H and O–H groups in total. The molecule has 2 aromatic carbocycles. The lowest BCUT2D eigenvalue weighted by Crippen LogP contribution is -2.27. The van der Waals surface area contributed by atoms with E-state index >= 15 is 0 Å². The lowest BCUT2D eigenvalue weighted by Gasteiger charge is -1.99. The Kier molecular flexibility index (Phi) is 4.20. The van der Waals surface area contributed by atoms with Crippen molar-refractivity contribution in [1.82, 2.24) is 8.52 Å². The zero-order valence-corrected chi connectivity index (χ0v) is 13.2. The smallest absolute Gasteiger partial charge is 0.306 e. The molecule has 116 valence electrons. The number of carbonyl (C=O) groups is 1. The Balaban J connectivity index is 1.94. The molecule has 0 aliphatic carbocycles. The number of rotatable bonds is 2. The van der Waals surface area contributed by atoms with Crippen molar-refractivity contribution in [3.8, 4) is 5.69 Å². The second kappa shape index (κ2) is 6.45. The molecule has 0 bridgehead atoms. The van der Waals surface area contributed by atoms with Crippen LogP contribution in [0.25, 0.3) is 5.69 Å². The van der Waals surface area contributed by atoms with Gasteiger partial charge in [-0.1, -0.05) is 36.4 Å². The van der Waals surface area contributed by atoms with Gasteiger partial charge >= 0.3 is 11.7 Å². The summed E-state index contributed by atoms with van der Waals surface area (Å²) >= 11 is 1.12. The zero-order valence-electron chi connectivity index (χ0n) is 12.3. The summed E-state index contributed by atoms with van der Waals surface area (Å²) in [5, 5.41) is 2.66. The van der Waals surface area contributed by atoms with E-state index in [0.29, 0.717) is 10.5 Å². The third kappa shape index (κ3) is 3.29. The quantitative estimate of drug-likeness (QED) is 0.785. The molecule has 0 fully saturated rings. The standard InChI is InChI=1S/C16H14N4O2S/c1-19-15(18-14(21)17-12-8-4-2-5-9-12)23-20(16(19)22)13-10-6-3-7-11-13/h2-11H,1H3,(H,17,21)/b18-15-. The van der Waals surface area contributed by atoms with Gasteiger partial charge in [-0.3, -0.25) is 4.57 Å². The molecule has 0 radical (unpaired) electrons. The Morgan fingerprint density at radius 1 is 1.04 bits per heavy atom. The second-order valence-electron chi connectivity index (χ2n) is 4.75. The van der Waals surface area contributed by atoms with Crippen molar-refractivity contribution in [2.24, 2.45) is 12.0 Å². The molecule has 0 unspecified atom stereocenters. The molecule has 2 amide bonds. The number of hydrogen-bond donors (Lipinski definition) is 1. The van der Waals surface area contributed by atoms with Crippen LogP contribution in [0.3, 0.4) is 0 Å². The third-order valence-corrected chi connectivity index (χ3v) is 4.21. The second-order valence-corrected chi connectivity index (χ2v) is 5.67. The van der Waals surface area contributed by atoms with E-state index in [1.807, 2.05) is 48.5 Å². The highest BCUT2D eigenvalue weighted by Gasteiger charge is 2.08. The number of urea groups is 1. The average molecular weight is 326 g/mol. The van der Waals surface area contributed by atoms with Gasteiger partial charge in [-0.25, -0.2) is 13.5 Å². The number of amides is 2. The lowest BCUT2D eigenvalue weighted by molar-refractivity contribution is 0.259. The summed E-state index contributed by atoms with van der Waals surface area (Å²) in [6, 6.07) is 17.7. The first-order valence-corrected chi connectivity index (χ1v) is 7.68. The first-order valence-electron chi connectivity index (χ1n) is 6.91. The molecular formula is C16H14N4O2S. The SMILES string of the molecule is Cn1c(=O)n(-c2ccccc2)s/c1=N\C(=O)Nc1ccccc1. The zero-order chi connectivity index (χ0) is 16.2. The Labute approximate surface area is 136 Å². The fourth-order valence-corrected chi connectivity index (χ4v) is 2.90. The molecule has 0 saturated carbocycles. The van der Waals surface area contributed by atoms with E-state index in [1.165, 1.54) is 8.52 Å². The number of anilines is 1. The van der Waals surface area contributed by atoms with Gasteiger partial charge in [0.05, 0.1) is 5.69 Å².